The van der Waals surface area contributed by atoms with Crippen LogP contribution < -0.4 is 4.74 Å². The van der Waals surface area contributed by atoms with Gasteiger partial charge in [-0.3, -0.25) is 4.79 Å². The molecule has 19 heavy (non-hydrogen) atoms. The summed E-state index contributed by atoms with van der Waals surface area (Å²) in [4.78, 5) is 13.1. The highest BCUT2D eigenvalue weighted by atomic mass is 79.9. The van der Waals surface area contributed by atoms with Gasteiger partial charge < -0.3 is 4.74 Å². The van der Waals surface area contributed by atoms with Gasteiger partial charge in [0.1, 0.15) is 0 Å². The van der Waals surface area contributed by atoms with Crippen LogP contribution in [0, 0.1) is 5.82 Å². The molecule has 0 fully saturated rings. The maximum absolute atomic E-state index is 13.5. The van der Waals surface area contributed by atoms with Crippen LogP contribution >= 0.6 is 27.3 Å². The Bertz CT molecular complexity index is 595. The first-order valence-electron chi connectivity index (χ1n) is 5.70. The van der Waals surface area contributed by atoms with Crippen molar-refractivity contribution in [1.82, 2.24) is 0 Å². The molecule has 1 aromatic carbocycles. The molecule has 0 amide bonds. The van der Waals surface area contributed by atoms with Gasteiger partial charge >= 0.3 is 0 Å². The molecular formula is C14H12BrFO2S. The van der Waals surface area contributed by atoms with Crippen LogP contribution in [-0.4, -0.2) is 12.9 Å². The van der Waals surface area contributed by atoms with Gasteiger partial charge in [-0.05, 0) is 46.6 Å². The van der Waals surface area contributed by atoms with E-state index in [1.807, 2.05) is 11.4 Å². The van der Waals surface area contributed by atoms with Crippen molar-refractivity contribution in [1.29, 1.82) is 0 Å². The summed E-state index contributed by atoms with van der Waals surface area (Å²) in [7, 11) is 1.40. The van der Waals surface area contributed by atoms with E-state index in [1.54, 1.807) is 17.4 Å². The number of hydrogen-bond acceptors (Lipinski definition) is 3. The van der Waals surface area contributed by atoms with E-state index in [0.717, 1.165) is 9.35 Å². The fourth-order valence-corrected chi connectivity index (χ4v) is 3.16. The number of rotatable bonds is 5. The van der Waals surface area contributed by atoms with E-state index in [9.17, 15) is 9.18 Å². The molecule has 1 heterocycles. The summed E-state index contributed by atoms with van der Waals surface area (Å²) < 4.78 is 19.3. The predicted octanol–water partition coefficient (Wildman–Crippen LogP) is 4.47. The lowest BCUT2D eigenvalue weighted by atomic mass is 10.1. The number of aryl methyl sites for hydroxylation is 1. The van der Waals surface area contributed by atoms with E-state index < -0.39 is 5.82 Å². The number of hydrogen-bond donors (Lipinski definition) is 0. The third kappa shape index (κ3) is 3.64. The molecule has 0 aliphatic heterocycles. The molecule has 0 aliphatic carbocycles. The molecule has 2 nitrogen and oxygen atoms in total. The zero-order chi connectivity index (χ0) is 13.8. The van der Waals surface area contributed by atoms with Crippen LogP contribution in [0.4, 0.5) is 4.39 Å². The molecule has 0 N–H and O–H groups in total. The number of methoxy groups -OCH3 is 1. The van der Waals surface area contributed by atoms with Gasteiger partial charge in [-0.25, -0.2) is 4.39 Å². The Morgan fingerprint density at radius 3 is 2.79 bits per heavy atom. The molecule has 0 aliphatic rings. The van der Waals surface area contributed by atoms with Gasteiger partial charge in [0.15, 0.2) is 17.3 Å². The van der Waals surface area contributed by atoms with Gasteiger partial charge in [-0.1, -0.05) is 0 Å². The Balaban J connectivity index is 2.01. The largest absolute Gasteiger partial charge is 0.494 e. The minimum atomic E-state index is -0.507. The molecule has 2 rings (SSSR count). The summed E-state index contributed by atoms with van der Waals surface area (Å²) in [6.45, 7) is 0. The lowest BCUT2D eigenvalue weighted by molar-refractivity contribution is 0.0982. The summed E-state index contributed by atoms with van der Waals surface area (Å²) in [5.41, 5.74) is 0.383. The van der Waals surface area contributed by atoms with Crippen molar-refractivity contribution in [2.24, 2.45) is 0 Å². The summed E-state index contributed by atoms with van der Waals surface area (Å²) >= 11 is 4.97. The normalized spacial score (nSPS) is 10.5. The first-order valence-corrected chi connectivity index (χ1v) is 7.37. The minimum Gasteiger partial charge on any atom is -0.494 e. The van der Waals surface area contributed by atoms with Crippen LogP contribution in [0.2, 0.25) is 0 Å². The van der Waals surface area contributed by atoms with Gasteiger partial charge in [-0.15, -0.1) is 11.3 Å². The summed E-state index contributed by atoms with van der Waals surface area (Å²) in [6, 6.07) is 6.29. The maximum Gasteiger partial charge on any atom is 0.165 e. The van der Waals surface area contributed by atoms with Gasteiger partial charge in [0.25, 0.3) is 0 Å². The van der Waals surface area contributed by atoms with Crippen LogP contribution in [0.3, 0.4) is 0 Å². The van der Waals surface area contributed by atoms with Gasteiger partial charge in [0.05, 0.1) is 7.11 Å². The smallest absolute Gasteiger partial charge is 0.165 e. The highest BCUT2D eigenvalue weighted by Crippen LogP contribution is 2.22. The lowest BCUT2D eigenvalue weighted by Gasteiger charge is -2.04. The molecular weight excluding hydrogens is 331 g/mol. The highest BCUT2D eigenvalue weighted by molar-refractivity contribution is 9.10. The number of carbonyl (C=O) groups excluding carboxylic acids is 1. The predicted molar refractivity (Wildman–Crippen MR) is 77.6 cm³/mol. The molecule has 2 aromatic rings. The Hall–Kier alpha value is -1.20. The van der Waals surface area contributed by atoms with E-state index in [2.05, 4.69) is 15.9 Å². The highest BCUT2D eigenvalue weighted by Gasteiger charge is 2.10. The van der Waals surface area contributed by atoms with Crippen molar-refractivity contribution in [3.8, 4) is 5.75 Å². The van der Waals surface area contributed by atoms with Crippen molar-refractivity contribution in [3.63, 3.8) is 0 Å². The number of halogens is 2. The number of Topliss-reactive ketones (excluding diaryl/α,β-unsaturated/α-hetero) is 1. The van der Waals surface area contributed by atoms with Crippen LogP contribution in [0.5, 0.6) is 5.75 Å². The fourth-order valence-electron chi connectivity index (χ4n) is 1.71. The molecule has 0 saturated carbocycles. The van der Waals surface area contributed by atoms with Crippen molar-refractivity contribution >= 4 is 33.0 Å². The number of ether oxygens (including phenoxy) is 1. The zero-order valence-electron chi connectivity index (χ0n) is 10.3. The molecule has 0 spiro atoms. The topological polar surface area (TPSA) is 26.3 Å². The molecule has 0 saturated heterocycles. The molecule has 0 radical (unpaired) electrons. The summed E-state index contributed by atoms with van der Waals surface area (Å²) in [5, 5.41) is 1.98. The van der Waals surface area contributed by atoms with E-state index in [0.29, 0.717) is 18.4 Å². The second kappa shape index (κ2) is 6.30. The number of thiophene rings is 1. The molecule has 0 unspecified atom stereocenters. The quantitative estimate of drug-likeness (QED) is 0.749. The summed E-state index contributed by atoms with van der Waals surface area (Å²) in [6.07, 6.45) is 1.04. The third-order valence-electron chi connectivity index (χ3n) is 2.69. The third-order valence-corrected chi connectivity index (χ3v) is 4.45. The number of ketones is 1. The standard InChI is InChI=1S/C14H12BrFO2S/c1-18-14-5-2-9(6-12(14)16)13(17)4-3-11-7-10(15)8-19-11/h2,5-8H,3-4H2,1H3. The first kappa shape index (κ1) is 14.2. The van der Waals surface area contributed by atoms with Crippen LogP contribution in [0.25, 0.3) is 0 Å². The SMILES string of the molecule is COc1ccc(C(=O)CCc2cc(Br)cs2)cc1F. The Labute approximate surface area is 123 Å². The first-order chi connectivity index (χ1) is 9.10. The van der Waals surface area contributed by atoms with Gasteiger partial charge in [0, 0.05) is 26.7 Å². The molecule has 0 bridgehead atoms. The van der Waals surface area contributed by atoms with Crippen molar-refractivity contribution in [2.75, 3.05) is 7.11 Å². The van der Waals surface area contributed by atoms with Crippen LogP contribution in [0.15, 0.2) is 34.1 Å². The maximum atomic E-state index is 13.5. The average Bonchev–Trinajstić information content (AvgIpc) is 2.81. The molecule has 100 valence electrons. The monoisotopic (exact) mass is 342 g/mol. The van der Waals surface area contributed by atoms with E-state index in [4.69, 9.17) is 4.74 Å². The second-order valence-corrected chi connectivity index (χ2v) is 5.92. The van der Waals surface area contributed by atoms with Crippen LogP contribution in [-0.2, 0) is 6.42 Å². The molecule has 5 heteroatoms. The van der Waals surface area contributed by atoms with E-state index in [-0.39, 0.29) is 11.5 Å². The molecule has 1 aromatic heterocycles. The zero-order valence-corrected chi connectivity index (χ0v) is 12.7. The summed E-state index contributed by atoms with van der Waals surface area (Å²) in [5.74, 6) is -0.419. The fraction of sp³-hybridized carbons (Fsp3) is 0.214. The average molecular weight is 343 g/mol. The second-order valence-electron chi connectivity index (χ2n) is 4.00. The van der Waals surface area contributed by atoms with Gasteiger partial charge in [-0.2, -0.15) is 0 Å². The number of benzene rings is 1. The van der Waals surface area contributed by atoms with Crippen molar-refractivity contribution in [3.05, 3.63) is 50.4 Å². The Kier molecular flexibility index (Phi) is 4.71. The van der Waals surface area contributed by atoms with E-state index in [1.165, 1.54) is 19.2 Å². The van der Waals surface area contributed by atoms with Crippen molar-refractivity contribution in [2.45, 2.75) is 12.8 Å². The number of carbonyl (C=O) groups is 1. The lowest BCUT2D eigenvalue weighted by Crippen LogP contribution is -2.01. The molecule has 0 atom stereocenters. The van der Waals surface area contributed by atoms with Crippen LogP contribution in [0.1, 0.15) is 21.7 Å². The Morgan fingerprint density at radius 1 is 1.42 bits per heavy atom. The minimum absolute atomic E-state index is 0.0638. The Morgan fingerprint density at radius 2 is 2.21 bits per heavy atom. The van der Waals surface area contributed by atoms with Crippen molar-refractivity contribution < 1.29 is 13.9 Å². The van der Waals surface area contributed by atoms with E-state index >= 15 is 0 Å². The van der Waals surface area contributed by atoms with Gasteiger partial charge in [0.2, 0.25) is 0 Å².